The molecule has 112 valence electrons. The number of rotatable bonds is 2. The van der Waals surface area contributed by atoms with Gasteiger partial charge in [-0.15, -0.1) is 0 Å². The summed E-state index contributed by atoms with van der Waals surface area (Å²) >= 11 is 0. The van der Waals surface area contributed by atoms with E-state index in [1.165, 1.54) is 25.1 Å². The maximum Gasteiger partial charge on any atom is 0.419 e. The van der Waals surface area contributed by atoms with Crippen molar-refractivity contribution in [3.05, 3.63) is 70.8 Å². The summed E-state index contributed by atoms with van der Waals surface area (Å²) in [4.78, 5) is 0. The quantitative estimate of drug-likeness (QED) is 0.826. The summed E-state index contributed by atoms with van der Waals surface area (Å²) in [5, 5.41) is 0. The lowest BCUT2D eigenvalue weighted by molar-refractivity contribution is -0.140. The zero-order chi connectivity index (χ0) is 15.8. The predicted molar refractivity (Wildman–Crippen MR) is 68.4 cm³/mol. The van der Waals surface area contributed by atoms with Gasteiger partial charge in [0.05, 0.1) is 11.1 Å². The number of benzene rings is 2. The Balaban J connectivity index is 2.59. The Morgan fingerprint density at radius 2 is 1.43 bits per heavy atom. The van der Waals surface area contributed by atoms with Gasteiger partial charge in [-0.25, -0.2) is 8.78 Å². The van der Waals surface area contributed by atoms with Crippen LogP contribution in [0.5, 0.6) is 0 Å². The van der Waals surface area contributed by atoms with Gasteiger partial charge in [0.15, 0.2) is 0 Å². The minimum Gasteiger partial charge on any atom is -0.318 e. The van der Waals surface area contributed by atoms with E-state index in [2.05, 4.69) is 0 Å². The molecule has 0 saturated carbocycles. The molecular weight excluding hydrogens is 289 g/mol. The van der Waals surface area contributed by atoms with E-state index in [1.54, 1.807) is 0 Å². The molecule has 0 bridgehead atoms. The van der Waals surface area contributed by atoms with E-state index in [9.17, 15) is 22.0 Å². The second-order valence-corrected chi connectivity index (χ2v) is 4.87. The van der Waals surface area contributed by atoms with Gasteiger partial charge in [0.25, 0.3) is 0 Å². The lowest BCUT2D eigenvalue weighted by Gasteiger charge is -2.27. The van der Waals surface area contributed by atoms with Crippen LogP contribution < -0.4 is 5.73 Å². The zero-order valence-electron chi connectivity index (χ0n) is 11.0. The summed E-state index contributed by atoms with van der Waals surface area (Å²) < 4.78 is 65.3. The summed E-state index contributed by atoms with van der Waals surface area (Å²) in [7, 11) is 0. The minimum atomic E-state index is -4.84. The van der Waals surface area contributed by atoms with E-state index in [4.69, 9.17) is 5.73 Å². The molecule has 0 spiro atoms. The van der Waals surface area contributed by atoms with E-state index >= 15 is 0 Å². The van der Waals surface area contributed by atoms with Crippen LogP contribution in [0.1, 0.15) is 23.6 Å². The highest BCUT2D eigenvalue weighted by molar-refractivity contribution is 5.40. The summed E-state index contributed by atoms with van der Waals surface area (Å²) in [5.74, 6) is -2.03. The summed E-state index contributed by atoms with van der Waals surface area (Å²) in [6.07, 6.45) is -4.84. The van der Waals surface area contributed by atoms with Crippen molar-refractivity contribution in [2.75, 3.05) is 0 Å². The van der Waals surface area contributed by atoms with Gasteiger partial charge in [-0.2, -0.15) is 13.2 Å². The molecule has 0 amide bonds. The van der Waals surface area contributed by atoms with Crippen molar-refractivity contribution in [1.29, 1.82) is 0 Å². The standard InChI is InChI=1S/C15H12F5N/c1-14(21,10-4-2-3-5-12(10)16)9-6-7-13(17)11(8-9)15(18,19)20/h2-8H,21H2,1H3. The Kier molecular flexibility index (Phi) is 3.76. The van der Waals surface area contributed by atoms with Crippen LogP contribution in [0.3, 0.4) is 0 Å². The van der Waals surface area contributed by atoms with Gasteiger partial charge in [0.2, 0.25) is 0 Å². The Hall–Kier alpha value is -1.95. The summed E-state index contributed by atoms with van der Waals surface area (Å²) in [6.45, 7) is 1.37. The molecule has 21 heavy (non-hydrogen) atoms. The fraction of sp³-hybridized carbons (Fsp3) is 0.200. The molecule has 2 N–H and O–H groups in total. The van der Waals surface area contributed by atoms with Gasteiger partial charge in [-0.1, -0.05) is 24.3 Å². The van der Waals surface area contributed by atoms with Crippen LogP contribution in [0.2, 0.25) is 0 Å². The van der Waals surface area contributed by atoms with Crippen LogP contribution in [-0.2, 0) is 11.7 Å². The fourth-order valence-corrected chi connectivity index (χ4v) is 2.10. The van der Waals surface area contributed by atoms with Gasteiger partial charge < -0.3 is 5.73 Å². The van der Waals surface area contributed by atoms with Crippen LogP contribution in [0.15, 0.2) is 42.5 Å². The number of hydrogen-bond acceptors (Lipinski definition) is 1. The number of halogens is 5. The van der Waals surface area contributed by atoms with Crippen LogP contribution in [0.4, 0.5) is 22.0 Å². The molecule has 0 radical (unpaired) electrons. The highest BCUT2D eigenvalue weighted by atomic mass is 19.4. The Labute approximate surface area is 118 Å². The highest BCUT2D eigenvalue weighted by Crippen LogP contribution is 2.35. The smallest absolute Gasteiger partial charge is 0.318 e. The minimum absolute atomic E-state index is 0.0266. The van der Waals surface area contributed by atoms with E-state index in [0.29, 0.717) is 12.1 Å². The topological polar surface area (TPSA) is 26.0 Å². The second kappa shape index (κ2) is 5.11. The van der Waals surface area contributed by atoms with Gasteiger partial charge in [-0.3, -0.25) is 0 Å². The van der Waals surface area contributed by atoms with Crippen LogP contribution >= 0.6 is 0 Å². The number of nitrogens with two attached hydrogens (primary N) is 1. The largest absolute Gasteiger partial charge is 0.419 e. The average molecular weight is 301 g/mol. The van der Waals surface area contributed by atoms with E-state index in [1.807, 2.05) is 0 Å². The van der Waals surface area contributed by atoms with Gasteiger partial charge in [0, 0.05) is 5.56 Å². The molecule has 1 atom stereocenters. The van der Waals surface area contributed by atoms with Crippen molar-refractivity contribution in [1.82, 2.24) is 0 Å². The first-order valence-electron chi connectivity index (χ1n) is 6.05. The van der Waals surface area contributed by atoms with Crippen LogP contribution in [0.25, 0.3) is 0 Å². The Morgan fingerprint density at radius 1 is 0.857 bits per heavy atom. The third-order valence-corrected chi connectivity index (χ3v) is 3.30. The molecule has 6 heteroatoms. The Bertz CT molecular complexity index is 661. The Morgan fingerprint density at radius 3 is 2.00 bits per heavy atom. The predicted octanol–water partition coefficient (Wildman–Crippen LogP) is 4.21. The maximum absolute atomic E-state index is 13.8. The van der Waals surface area contributed by atoms with Gasteiger partial charge in [0.1, 0.15) is 11.6 Å². The molecular formula is C15H12F5N. The van der Waals surface area contributed by atoms with Crippen molar-refractivity contribution in [2.24, 2.45) is 5.73 Å². The monoisotopic (exact) mass is 301 g/mol. The third-order valence-electron chi connectivity index (χ3n) is 3.30. The molecule has 1 nitrogen and oxygen atoms in total. The second-order valence-electron chi connectivity index (χ2n) is 4.87. The van der Waals surface area contributed by atoms with Crippen molar-refractivity contribution >= 4 is 0 Å². The van der Waals surface area contributed by atoms with Crippen molar-refractivity contribution in [3.63, 3.8) is 0 Å². The van der Waals surface area contributed by atoms with E-state index < -0.39 is 28.9 Å². The zero-order valence-corrected chi connectivity index (χ0v) is 11.0. The van der Waals surface area contributed by atoms with Crippen LogP contribution in [-0.4, -0.2) is 0 Å². The molecule has 1 unspecified atom stereocenters. The van der Waals surface area contributed by atoms with Crippen molar-refractivity contribution < 1.29 is 22.0 Å². The number of alkyl halides is 3. The SMILES string of the molecule is CC(N)(c1ccc(F)c(C(F)(F)F)c1)c1ccccc1F. The molecule has 2 rings (SSSR count). The summed E-state index contributed by atoms with van der Waals surface area (Å²) in [6, 6.07) is 7.93. The van der Waals surface area contributed by atoms with Crippen molar-refractivity contribution in [2.45, 2.75) is 18.6 Å². The molecule has 0 aromatic heterocycles. The third kappa shape index (κ3) is 2.90. The fourth-order valence-electron chi connectivity index (χ4n) is 2.10. The first kappa shape index (κ1) is 15.4. The molecule has 0 aliphatic carbocycles. The lowest BCUT2D eigenvalue weighted by atomic mass is 9.84. The molecule has 0 saturated heterocycles. The molecule has 2 aromatic carbocycles. The molecule has 2 aromatic rings. The number of hydrogen-bond donors (Lipinski definition) is 1. The molecule has 0 fully saturated rings. The average Bonchev–Trinajstić information content (AvgIpc) is 2.37. The maximum atomic E-state index is 13.8. The lowest BCUT2D eigenvalue weighted by Crippen LogP contribution is -2.35. The van der Waals surface area contributed by atoms with Gasteiger partial charge >= 0.3 is 6.18 Å². The van der Waals surface area contributed by atoms with Crippen LogP contribution in [0, 0.1) is 11.6 Å². The normalized spacial score (nSPS) is 14.8. The first-order valence-corrected chi connectivity index (χ1v) is 6.05. The van der Waals surface area contributed by atoms with E-state index in [-0.39, 0.29) is 11.1 Å². The first-order chi connectivity index (χ1) is 9.64. The molecule has 0 heterocycles. The van der Waals surface area contributed by atoms with E-state index in [0.717, 1.165) is 12.1 Å². The van der Waals surface area contributed by atoms with Crippen molar-refractivity contribution in [3.8, 4) is 0 Å². The molecule has 0 aliphatic heterocycles. The van der Waals surface area contributed by atoms with Gasteiger partial charge in [-0.05, 0) is 30.7 Å². The molecule has 0 aliphatic rings. The highest BCUT2D eigenvalue weighted by Gasteiger charge is 2.36. The summed E-state index contributed by atoms with van der Waals surface area (Å²) in [5.41, 5.74) is 3.06.